The number of nitrogens with one attached hydrogen (secondary N) is 1. The highest BCUT2D eigenvalue weighted by Crippen LogP contribution is 2.11. The molecule has 0 saturated carbocycles. The molecule has 0 atom stereocenters. The van der Waals surface area contributed by atoms with Crippen LogP contribution >= 0.6 is 15.9 Å². The van der Waals surface area contributed by atoms with Crippen LogP contribution in [0.5, 0.6) is 5.75 Å². The summed E-state index contributed by atoms with van der Waals surface area (Å²) in [4.78, 5) is 11.5. The maximum absolute atomic E-state index is 12.7. The summed E-state index contributed by atoms with van der Waals surface area (Å²) in [6, 6.07) is 12.9. The third kappa shape index (κ3) is 5.35. The molecule has 0 heterocycles. The number of rotatable bonds is 5. The summed E-state index contributed by atoms with van der Waals surface area (Å²) in [5.74, 6) is -0.335. The number of carbonyl (C=O) groups excluding carboxylic acids is 1. The molecule has 6 heteroatoms. The van der Waals surface area contributed by atoms with E-state index in [0.717, 1.165) is 10.0 Å². The van der Waals surface area contributed by atoms with Gasteiger partial charge in [-0.05, 0) is 42.0 Å². The molecule has 0 aliphatic carbocycles. The molecule has 0 radical (unpaired) electrons. The van der Waals surface area contributed by atoms with Crippen molar-refractivity contribution in [3.63, 3.8) is 0 Å². The highest BCUT2D eigenvalue weighted by Gasteiger charge is 2.01. The lowest BCUT2D eigenvalue weighted by molar-refractivity contribution is -0.123. The monoisotopic (exact) mass is 350 g/mol. The third-order valence-corrected chi connectivity index (χ3v) is 2.93. The zero-order valence-corrected chi connectivity index (χ0v) is 12.5. The minimum Gasteiger partial charge on any atom is -0.484 e. The molecule has 0 aliphatic heterocycles. The van der Waals surface area contributed by atoms with Gasteiger partial charge in [-0.25, -0.2) is 9.82 Å². The molecule has 0 unspecified atom stereocenters. The van der Waals surface area contributed by atoms with E-state index < -0.39 is 5.91 Å². The number of hydrogen-bond acceptors (Lipinski definition) is 3. The van der Waals surface area contributed by atoms with Gasteiger partial charge in [0, 0.05) is 4.47 Å². The molecule has 1 amide bonds. The zero-order chi connectivity index (χ0) is 15.1. The van der Waals surface area contributed by atoms with E-state index in [4.69, 9.17) is 4.74 Å². The Hall–Kier alpha value is -2.21. The first-order valence-electron chi connectivity index (χ1n) is 6.09. The fourth-order valence-corrected chi connectivity index (χ4v) is 1.89. The number of nitrogens with zero attached hydrogens (tertiary/aromatic N) is 1. The summed E-state index contributed by atoms with van der Waals surface area (Å²) in [5, 5.41) is 3.82. The summed E-state index contributed by atoms with van der Waals surface area (Å²) in [7, 11) is 0. The van der Waals surface area contributed by atoms with Crippen molar-refractivity contribution >= 4 is 28.1 Å². The van der Waals surface area contributed by atoms with Crippen LogP contribution in [0.1, 0.15) is 5.56 Å². The number of benzene rings is 2. The van der Waals surface area contributed by atoms with E-state index in [1.807, 2.05) is 24.3 Å². The van der Waals surface area contributed by atoms with Crippen molar-refractivity contribution in [1.82, 2.24) is 5.43 Å². The van der Waals surface area contributed by atoms with Crippen molar-refractivity contribution in [2.24, 2.45) is 5.10 Å². The standard InChI is InChI=1S/C15H12BrFN2O2/c16-12-3-1-2-11(8-12)9-18-19-15(20)10-21-14-6-4-13(17)5-7-14/h1-9H,10H2,(H,19,20)/b18-9-. The first-order valence-corrected chi connectivity index (χ1v) is 6.88. The largest absolute Gasteiger partial charge is 0.484 e. The second kappa shape index (κ2) is 7.54. The average molecular weight is 351 g/mol. The Morgan fingerprint density at radius 3 is 2.76 bits per heavy atom. The molecule has 2 aromatic carbocycles. The second-order valence-corrected chi connectivity index (χ2v) is 5.01. The van der Waals surface area contributed by atoms with Crippen LogP contribution < -0.4 is 10.2 Å². The zero-order valence-electron chi connectivity index (χ0n) is 10.9. The van der Waals surface area contributed by atoms with Gasteiger partial charge in [-0.1, -0.05) is 28.1 Å². The van der Waals surface area contributed by atoms with Crippen molar-refractivity contribution < 1.29 is 13.9 Å². The Bertz CT molecular complexity index is 644. The molecule has 108 valence electrons. The molecular weight excluding hydrogens is 339 g/mol. The first-order chi connectivity index (χ1) is 10.1. The predicted octanol–water partition coefficient (Wildman–Crippen LogP) is 3.12. The van der Waals surface area contributed by atoms with Crippen molar-refractivity contribution in [2.75, 3.05) is 6.61 Å². The van der Waals surface area contributed by atoms with Gasteiger partial charge >= 0.3 is 0 Å². The van der Waals surface area contributed by atoms with Crippen LogP contribution in [0.25, 0.3) is 0 Å². The molecule has 0 aromatic heterocycles. The quantitative estimate of drug-likeness (QED) is 0.665. The summed E-state index contributed by atoms with van der Waals surface area (Å²) in [5.41, 5.74) is 3.20. The Kier molecular flexibility index (Phi) is 5.45. The van der Waals surface area contributed by atoms with Crippen LogP contribution in [-0.2, 0) is 4.79 Å². The number of hydrazone groups is 1. The van der Waals surface area contributed by atoms with Crippen molar-refractivity contribution in [2.45, 2.75) is 0 Å². The lowest BCUT2D eigenvalue weighted by atomic mass is 10.2. The highest BCUT2D eigenvalue weighted by atomic mass is 79.9. The minimum absolute atomic E-state index is 0.193. The van der Waals surface area contributed by atoms with E-state index in [0.29, 0.717) is 5.75 Å². The van der Waals surface area contributed by atoms with E-state index in [1.165, 1.54) is 30.5 Å². The lowest BCUT2D eigenvalue weighted by Gasteiger charge is -2.04. The minimum atomic E-state index is -0.398. The van der Waals surface area contributed by atoms with Gasteiger partial charge in [0.25, 0.3) is 5.91 Å². The summed E-state index contributed by atoms with van der Waals surface area (Å²) < 4.78 is 18.8. The van der Waals surface area contributed by atoms with Crippen LogP contribution in [0.3, 0.4) is 0 Å². The summed E-state index contributed by atoms with van der Waals surface area (Å²) >= 11 is 3.34. The van der Waals surface area contributed by atoms with Gasteiger partial charge < -0.3 is 4.74 Å². The highest BCUT2D eigenvalue weighted by molar-refractivity contribution is 9.10. The topological polar surface area (TPSA) is 50.7 Å². The van der Waals surface area contributed by atoms with E-state index in [-0.39, 0.29) is 12.4 Å². The van der Waals surface area contributed by atoms with E-state index in [9.17, 15) is 9.18 Å². The fraction of sp³-hybridized carbons (Fsp3) is 0.0667. The van der Waals surface area contributed by atoms with Crippen molar-refractivity contribution in [1.29, 1.82) is 0 Å². The molecule has 0 saturated heterocycles. The number of carbonyl (C=O) groups is 1. The molecule has 1 N–H and O–H groups in total. The van der Waals surface area contributed by atoms with E-state index in [1.54, 1.807) is 0 Å². The molecule has 0 bridgehead atoms. The van der Waals surface area contributed by atoms with Crippen LogP contribution in [0.2, 0.25) is 0 Å². The molecule has 2 aromatic rings. The number of hydrogen-bond donors (Lipinski definition) is 1. The summed E-state index contributed by atoms with van der Waals surface area (Å²) in [6.07, 6.45) is 1.53. The fourth-order valence-electron chi connectivity index (χ4n) is 1.48. The number of halogens is 2. The predicted molar refractivity (Wildman–Crippen MR) is 81.8 cm³/mol. The van der Waals surface area contributed by atoms with Gasteiger partial charge in [0.15, 0.2) is 6.61 Å². The van der Waals surface area contributed by atoms with E-state index >= 15 is 0 Å². The van der Waals surface area contributed by atoms with E-state index in [2.05, 4.69) is 26.5 Å². The van der Waals surface area contributed by atoms with Crippen molar-refractivity contribution in [3.8, 4) is 5.75 Å². The van der Waals surface area contributed by atoms with Gasteiger partial charge in [-0.15, -0.1) is 0 Å². The lowest BCUT2D eigenvalue weighted by Crippen LogP contribution is -2.24. The smallest absolute Gasteiger partial charge is 0.277 e. The summed E-state index contributed by atoms with van der Waals surface area (Å²) in [6.45, 7) is -0.193. The first kappa shape index (κ1) is 15.2. The average Bonchev–Trinajstić information content (AvgIpc) is 2.47. The normalized spacial score (nSPS) is 10.6. The van der Waals surface area contributed by atoms with Gasteiger partial charge in [0.2, 0.25) is 0 Å². The molecule has 0 fully saturated rings. The molecule has 2 rings (SSSR count). The number of ether oxygens (including phenoxy) is 1. The van der Waals surface area contributed by atoms with Crippen LogP contribution in [-0.4, -0.2) is 18.7 Å². The third-order valence-electron chi connectivity index (χ3n) is 2.44. The Morgan fingerprint density at radius 1 is 1.29 bits per heavy atom. The van der Waals surface area contributed by atoms with Gasteiger partial charge in [0.1, 0.15) is 11.6 Å². The molecule has 0 spiro atoms. The Labute approximate surface area is 129 Å². The van der Waals surface area contributed by atoms with Crippen molar-refractivity contribution in [3.05, 3.63) is 64.4 Å². The SMILES string of the molecule is O=C(COc1ccc(F)cc1)N/N=C\c1cccc(Br)c1. The Morgan fingerprint density at radius 2 is 2.05 bits per heavy atom. The second-order valence-electron chi connectivity index (χ2n) is 4.09. The number of amides is 1. The van der Waals surface area contributed by atoms with Gasteiger partial charge in [0.05, 0.1) is 6.21 Å². The van der Waals surface area contributed by atoms with Crippen LogP contribution in [0.15, 0.2) is 58.1 Å². The maximum atomic E-state index is 12.7. The molecule has 4 nitrogen and oxygen atoms in total. The van der Waals surface area contributed by atoms with Crippen LogP contribution in [0, 0.1) is 5.82 Å². The maximum Gasteiger partial charge on any atom is 0.277 e. The molecule has 0 aliphatic rings. The molecular formula is C15H12BrFN2O2. The molecule has 21 heavy (non-hydrogen) atoms. The van der Waals surface area contributed by atoms with Gasteiger partial charge in [-0.2, -0.15) is 5.10 Å². The Balaban J connectivity index is 1.78. The van der Waals surface area contributed by atoms with Gasteiger partial charge in [-0.3, -0.25) is 4.79 Å². The van der Waals surface area contributed by atoms with Crippen LogP contribution in [0.4, 0.5) is 4.39 Å².